The summed E-state index contributed by atoms with van der Waals surface area (Å²) < 4.78 is 18.3. The highest BCUT2D eigenvalue weighted by molar-refractivity contribution is 7.14. The smallest absolute Gasteiger partial charge is 0.270 e. The summed E-state index contributed by atoms with van der Waals surface area (Å²) in [6.45, 7) is 0.760. The van der Waals surface area contributed by atoms with Crippen LogP contribution in [0.25, 0.3) is 0 Å². The van der Waals surface area contributed by atoms with E-state index in [0.717, 1.165) is 11.3 Å². The Morgan fingerprint density at radius 1 is 1.32 bits per heavy atom. The van der Waals surface area contributed by atoms with Crippen molar-refractivity contribution in [2.24, 2.45) is 0 Å². The van der Waals surface area contributed by atoms with Crippen molar-refractivity contribution in [3.8, 4) is 0 Å². The van der Waals surface area contributed by atoms with Gasteiger partial charge in [0.25, 0.3) is 11.8 Å². The summed E-state index contributed by atoms with van der Waals surface area (Å²) in [6, 6.07) is 5.63. The van der Waals surface area contributed by atoms with Crippen LogP contribution in [0.5, 0.6) is 0 Å². The van der Waals surface area contributed by atoms with E-state index in [1.165, 1.54) is 30.7 Å². The first-order chi connectivity index (χ1) is 10.6. The van der Waals surface area contributed by atoms with Gasteiger partial charge in [-0.05, 0) is 12.1 Å². The van der Waals surface area contributed by atoms with Gasteiger partial charge in [0.2, 0.25) is 0 Å². The predicted molar refractivity (Wildman–Crippen MR) is 80.7 cm³/mol. The number of amides is 2. The second kappa shape index (κ2) is 7.62. The van der Waals surface area contributed by atoms with Crippen molar-refractivity contribution in [1.82, 2.24) is 10.3 Å². The number of carbonyl (C=O) groups excluding carboxylic acids is 2. The molecule has 0 aliphatic heterocycles. The third-order valence-corrected chi connectivity index (χ3v) is 3.43. The number of ether oxygens (including phenoxy) is 1. The van der Waals surface area contributed by atoms with Crippen molar-refractivity contribution >= 4 is 28.3 Å². The molecule has 0 aliphatic carbocycles. The van der Waals surface area contributed by atoms with Gasteiger partial charge in [0.15, 0.2) is 5.13 Å². The summed E-state index contributed by atoms with van der Waals surface area (Å²) >= 11 is 1.09. The van der Waals surface area contributed by atoms with Gasteiger partial charge >= 0.3 is 0 Å². The number of hydrogen-bond donors (Lipinski definition) is 2. The van der Waals surface area contributed by atoms with Gasteiger partial charge < -0.3 is 10.1 Å². The molecule has 0 unspecified atom stereocenters. The molecule has 0 saturated heterocycles. The Hall–Kier alpha value is -2.32. The van der Waals surface area contributed by atoms with Crippen LogP contribution in [-0.4, -0.2) is 37.1 Å². The fraction of sp³-hybridized carbons (Fsp3) is 0.214. The summed E-state index contributed by atoms with van der Waals surface area (Å²) in [5.74, 6) is -1.59. The first kappa shape index (κ1) is 16.1. The van der Waals surface area contributed by atoms with Crippen LogP contribution >= 0.6 is 11.3 Å². The molecule has 0 aliphatic rings. The Bertz CT molecular complexity index is 675. The van der Waals surface area contributed by atoms with Gasteiger partial charge in [-0.1, -0.05) is 12.1 Å². The maximum Gasteiger partial charge on any atom is 0.270 e. The lowest BCUT2D eigenvalue weighted by molar-refractivity contribution is 0.0931. The Balaban J connectivity index is 1.99. The number of methoxy groups -OCH3 is 1. The van der Waals surface area contributed by atoms with E-state index in [0.29, 0.717) is 13.2 Å². The molecule has 2 amide bonds. The molecule has 1 aromatic carbocycles. The zero-order valence-electron chi connectivity index (χ0n) is 11.8. The second-order valence-electron chi connectivity index (χ2n) is 4.22. The number of benzene rings is 1. The maximum absolute atomic E-state index is 13.5. The Labute approximate surface area is 130 Å². The molecule has 2 aromatic rings. The quantitative estimate of drug-likeness (QED) is 0.796. The van der Waals surface area contributed by atoms with Gasteiger partial charge in [0, 0.05) is 19.0 Å². The van der Waals surface area contributed by atoms with Crippen molar-refractivity contribution in [2.75, 3.05) is 25.6 Å². The first-order valence-corrected chi connectivity index (χ1v) is 7.28. The molecule has 2 rings (SSSR count). The first-order valence-electron chi connectivity index (χ1n) is 6.40. The van der Waals surface area contributed by atoms with Gasteiger partial charge in [-0.3, -0.25) is 14.9 Å². The number of nitrogens with one attached hydrogen (secondary N) is 2. The molecular formula is C14H14FN3O3S. The average molecular weight is 323 g/mol. The van der Waals surface area contributed by atoms with Crippen LogP contribution in [-0.2, 0) is 4.74 Å². The van der Waals surface area contributed by atoms with Crippen LogP contribution < -0.4 is 10.6 Å². The Morgan fingerprint density at radius 2 is 2.09 bits per heavy atom. The van der Waals surface area contributed by atoms with Gasteiger partial charge in [-0.2, -0.15) is 0 Å². The Kier molecular flexibility index (Phi) is 5.56. The normalized spacial score (nSPS) is 10.3. The van der Waals surface area contributed by atoms with Crippen molar-refractivity contribution in [1.29, 1.82) is 0 Å². The van der Waals surface area contributed by atoms with Gasteiger partial charge in [0.05, 0.1) is 12.2 Å². The molecule has 1 heterocycles. The zero-order valence-corrected chi connectivity index (χ0v) is 12.6. The minimum atomic E-state index is -0.617. The highest BCUT2D eigenvalue weighted by Gasteiger charge is 2.15. The summed E-state index contributed by atoms with van der Waals surface area (Å²) in [5, 5.41) is 6.82. The minimum Gasteiger partial charge on any atom is -0.383 e. The number of rotatable bonds is 6. The molecule has 1 aromatic heterocycles. The topological polar surface area (TPSA) is 80.3 Å². The van der Waals surface area contributed by atoms with E-state index < -0.39 is 11.7 Å². The summed E-state index contributed by atoms with van der Waals surface area (Å²) in [6.07, 6.45) is 0. The molecule has 0 spiro atoms. The molecule has 0 fully saturated rings. The summed E-state index contributed by atoms with van der Waals surface area (Å²) in [7, 11) is 1.53. The molecule has 0 radical (unpaired) electrons. The van der Waals surface area contributed by atoms with Crippen LogP contribution in [0.1, 0.15) is 20.8 Å². The van der Waals surface area contributed by atoms with E-state index in [-0.39, 0.29) is 22.3 Å². The summed E-state index contributed by atoms with van der Waals surface area (Å²) in [5.41, 5.74) is 0.105. The molecule has 8 heteroatoms. The van der Waals surface area contributed by atoms with E-state index >= 15 is 0 Å². The molecule has 22 heavy (non-hydrogen) atoms. The largest absolute Gasteiger partial charge is 0.383 e. The van der Waals surface area contributed by atoms with Crippen molar-refractivity contribution in [3.05, 3.63) is 46.7 Å². The minimum absolute atomic E-state index is 0.0798. The van der Waals surface area contributed by atoms with Gasteiger partial charge in [-0.15, -0.1) is 11.3 Å². The monoisotopic (exact) mass is 323 g/mol. The van der Waals surface area contributed by atoms with Crippen LogP contribution in [0.3, 0.4) is 0 Å². The highest BCUT2D eigenvalue weighted by atomic mass is 32.1. The molecule has 6 nitrogen and oxygen atoms in total. The lowest BCUT2D eigenvalue weighted by Crippen LogP contribution is -2.27. The van der Waals surface area contributed by atoms with E-state index in [2.05, 4.69) is 15.6 Å². The molecular weight excluding hydrogens is 309 g/mol. The molecule has 0 bridgehead atoms. The fourth-order valence-electron chi connectivity index (χ4n) is 1.60. The third-order valence-electron chi connectivity index (χ3n) is 2.67. The zero-order chi connectivity index (χ0) is 15.9. The fourth-order valence-corrected chi connectivity index (χ4v) is 2.29. The van der Waals surface area contributed by atoms with E-state index in [4.69, 9.17) is 4.74 Å². The number of carbonyl (C=O) groups is 2. The number of halogens is 1. The van der Waals surface area contributed by atoms with Crippen molar-refractivity contribution in [3.63, 3.8) is 0 Å². The van der Waals surface area contributed by atoms with Crippen LogP contribution in [0.2, 0.25) is 0 Å². The van der Waals surface area contributed by atoms with Gasteiger partial charge in [-0.25, -0.2) is 9.37 Å². The van der Waals surface area contributed by atoms with Crippen LogP contribution in [0.15, 0.2) is 29.6 Å². The predicted octanol–water partition coefficient (Wildman–Crippen LogP) is 1.91. The summed E-state index contributed by atoms with van der Waals surface area (Å²) in [4.78, 5) is 27.7. The number of nitrogens with zero attached hydrogens (tertiary/aromatic N) is 1. The average Bonchev–Trinajstić information content (AvgIpc) is 2.96. The number of anilines is 1. The third kappa shape index (κ3) is 4.09. The second-order valence-corrected chi connectivity index (χ2v) is 5.08. The number of hydrogen-bond acceptors (Lipinski definition) is 5. The van der Waals surface area contributed by atoms with Gasteiger partial charge in [0.1, 0.15) is 11.5 Å². The number of thiazole rings is 1. The highest BCUT2D eigenvalue weighted by Crippen LogP contribution is 2.17. The number of aromatic nitrogens is 1. The van der Waals surface area contributed by atoms with E-state index in [9.17, 15) is 14.0 Å². The van der Waals surface area contributed by atoms with Crippen molar-refractivity contribution in [2.45, 2.75) is 0 Å². The molecule has 0 atom stereocenters. The van der Waals surface area contributed by atoms with Crippen molar-refractivity contribution < 1.29 is 18.7 Å². The molecule has 2 N–H and O–H groups in total. The molecule has 0 saturated carbocycles. The van der Waals surface area contributed by atoms with E-state index in [1.54, 1.807) is 6.07 Å². The SMILES string of the molecule is COCCNC(=O)c1csc(NC(=O)c2ccccc2F)n1. The Morgan fingerprint density at radius 3 is 2.82 bits per heavy atom. The lowest BCUT2D eigenvalue weighted by atomic mass is 10.2. The van der Waals surface area contributed by atoms with E-state index in [1.807, 2.05) is 0 Å². The standard InChI is InChI=1S/C14H14FN3O3S/c1-21-7-6-16-13(20)11-8-22-14(17-11)18-12(19)9-4-2-3-5-10(9)15/h2-5,8H,6-7H2,1H3,(H,16,20)(H,17,18,19). The van der Waals surface area contributed by atoms with Crippen LogP contribution in [0.4, 0.5) is 9.52 Å². The lowest BCUT2D eigenvalue weighted by Gasteiger charge is -2.03. The van der Waals surface area contributed by atoms with Crippen LogP contribution in [0, 0.1) is 5.82 Å². The maximum atomic E-state index is 13.5. The molecule has 116 valence electrons.